The van der Waals surface area contributed by atoms with Gasteiger partial charge in [0, 0.05) is 24.1 Å². The van der Waals surface area contributed by atoms with E-state index in [1.165, 1.54) is 12.1 Å². The number of esters is 1. The van der Waals surface area contributed by atoms with E-state index in [1.54, 1.807) is 19.1 Å². The van der Waals surface area contributed by atoms with Crippen LogP contribution in [0.3, 0.4) is 0 Å². The van der Waals surface area contributed by atoms with Crippen molar-refractivity contribution in [2.24, 2.45) is 0 Å². The highest BCUT2D eigenvalue weighted by atomic mass is 16.5. The van der Waals surface area contributed by atoms with E-state index in [9.17, 15) is 19.2 Å². The summed E-state index contributed by atoms with van der Waals surface area (Å²) in [6.07, 6.45) is 1.05. The van der Waals surface area contributed by atoms with E-state index < -0.39 is 17.8 Å². The third-order valence-corrected chi connectivity index (χ3v) is 3.08. The molecule has 1 aromatic carbocycles. The number of hydrazine groups is 1. The Morgan fingerprint density at radius 2 is 1.56 bits per heavy atom. The second-order valence-corrected chi connectivity index (χ2v) is 5.18. The Labute approximate surface area is 146 Å². The minimum absolute atomic E-state index is 0.0539. The average molecular weight is 349 g/mol. The van der Waals surface area contributed by atoms with E-state index in [0.29, 0.717) is 17.7 Å². The van der Waals surface area contributed by atoms with Crippen LogP contribution in [0, 0.1) is 0 Å². The van der Waals surface area contributed by atoms with Crippen molar-refractivity contribution < 1.29 is 23.9 Å². The Morgan fingerprint density at radius 1 is 0.880 bits per heavy atom. The fourth-order valence-electron chi connectivity index (χ4n) is 1.87. The molecular weight excluding hydrogens is 326 g/mol. The molecule has 0 atom stereocenters. The van der Waals surface area contributed by atoms with Crippen LogP contribution in [-0.4, -0.2) is 30.3 Å². The molecular formula is C17H23N3O5. The number of benzene rings is 1. The smallest absolute Gasteiger partial charge is 0.306 e. The first kappa shape index (κ1) is 20.1. The van der Waals surface area contributed by atoms with Gasteiger partial charge in [-0.05, 0) is 37.6 Å². The van der Waals surface area contributed by atoms with Crippen LogP contribution in [0.2, 0.25) is 0 Å². The molecule has 0 aliphatic rings. The number of hydrogen-bond donors (Lipinski definition) is 3. The summed E-state index contributed by atoms with van der Waals surface area (Å²) in [5.74, 6) is -1.56. The predicted molar refractivity (Wildman–Crippen MR) is 91.5 cm³/mol. The van der Waals surface area contributed by atoms with Crippen molar-refractivity contribution in [2.45, 2.75) is 39.5 Å². The Kier molecular flexibility index (Phi) is 8.70. The molecule has 0 aromatic heterocycles. The monoisotopic (exact) mass is 349 g/mol. The zero-order valence-electron chi connectivity index (χ0n) is 14.4. The second kappa shape index (κ2) is 10.8. The molecule has 0 spiro atoms. The van der Waals surface area contributed by atoms with E-state index in [-0.39, 0.29) is 25.4 Å². The number of carbonyl (C=O) groups excluding carboxylic acids is 4. The standard InChI is InChI=1S/C17H23N3O5/c1-3-5-14(21)18-13-8-6-12(7-9-13)17(24)20-19-15(22)10-11-16(23)25-4-2/h6-9H,3-5,10-11H2,1-2H3,(H,18,21)(H,19,22)(H,20,24). The molecule has 8 heteroatoms. The molecule has 0 saturated carbocycles. The minimum Gasteiger partial charge on any atom is -0.466 e. The van der Waals surface area contributed by atoms with Crippen molar-refractivity contribution in [1.29, 1.82) is 0 Å². The molecule has 136 valence electrons. The molecule has 3 amide bonds. The van der Waals surface area contributed by atoms with Crippen LogP contribution in [0.5, 0.6) is 0 Å². The molecule has 3 N–H and O–H groups in total. The maximum absolute atomic E-state index is 11.9. The fourth-order valence-corrected chi connectivity index (χ4v) is 1.87. The Morgan fingerprint density at radius 3 is 2.16 bits per heavy atom. The molecule has 0 bridgehead atoms. The molecule has 0 fully saturated rings. The van der Waals surface area contributed by atoms with Crippen molar-refractivity contribution in [3.8, 4) is 0 Å². The van der Waals surface area contributed by atoms with Crippen molar-refractivity contribution in [3.05, 3.63) is 29.8 Å². The molecule has 0 radical (unpaired) electrons. The van der Waals surface area contributed by atoms with Gasteiger partial charge in [-0.1, -0.05) is 6.92 Å². The molecule has 8 nitrogen and oxygen atoms in total. The zero-order chi connectivity index (χ0) is 18.7. The number of ether oxygens (including phenoxy) is 1. The summed E-state index contributed by atoms with van der Waals surface area (Å²) in [7, 11) is 0. The first-order valence-electron chi connectivity index (χ1n) is 8.11. The lowest BCUT2D eigenvalue weighted by atomic mass is 10.2. The lowest BCUT2D eigenvalue weighted by molar-refractivity contribution is -0.144. The predicted octanol–water partition coefficient (Wildman–Crippen LogP) is 1.53. The van der Waals surface area contributed by atoms with E-state index >= 15 is 0 Å². The van der Waals surface area contributed by atoms with E-state index in [0.717, 1.165) is 6.42 Å². The largest absolute Gasteiger partial charge is 0.466 e. The molecule has 0 saturated heterocycles. The molecule has 1 aromatic rings. The van der Waals surface area contributed by atoms with Gasteiger partial charge in [-0.25, -0.2) is 0 Å². The maximum atomic E-state index is 11.9. The summed E-state index contributed by atoms with van der Waals surface area (Å²) < 4.78 is 4.70. The number of nitrogens with one attached hydrogen (secondary N) is 3. The maximum Gasteiger partial charge on any atom is 0.306 e. The number of rotatable bonds is 8. The first-order chi connectivity index (χ1) is 12.0. The summed E-state index contributed by atoms with van der Waals surface area (Å²) in [6, 6.07) is 6.26. The van der Waals surface area contributed by atoms with Crippen molar-refractivity contribution >= 4 is 29.4 Å². The zero-order valence-corrected chi connectivity index (χ0v) is 14.4. The highest BCUT2D eigenvalue weighted by Crippen LogP contribution is 2.10. The number of carbonyl (C=O) groups is 4. The van der Waals surface area contributed by atoms with Crippen LogP contribution in [0.25, 0.3) is 0 Å². The summed E-state index contributed by atoms with van der Waals surface area (Å²) in [6.45, 7) is 3.85. The Hall–Kier alpha value is -2.90. The quantitative estimate of drug-likeness (QED) is 0.486. The Bertz CT molecular complexity index is 613. The van der Waals surface area contributed by atoms with Gasteiger partial charge in [0.05, 0.1) is 13.0 Å². The Balaban J connectivity index is 2.40. The van der Waals surface area contributed by atoms with E-state index in [1.807, 2.05) is 6.92 Å². The minimum atomic E-state index is -0.504. The van der Waals surface area contributed by atoms with Gasteiger partial charge in [0.1, 0.15) is 0 Å². The van der Waals surface area contributed by atoms with Gasteiger partial charge in [0.2, 0.25) is 11.8 Å². The van der Waals surface area contributed by atoms with E-state index in [4.69, 9.17) is 4.74 Å². The van der Waals surface area contributed by atoms with Gasteiger partial charge in [0.25, 0.3) is 5.91 Å². The number of anilines is 1. The van der Waals surface area contributed by atoms with Crippen LogP contribution in [-0.2, 0) is 19.1 Å². The topological polar surface area (TPSA) is 114 Å². The average Bonchev–Trinajstić information content (AvgIpc) is 2.59. The van der Waals surface area contributed by atoms with Crippen LogP contribution in [0.4, 0.5) is 5.69 Å². The molecule has 25 heavy (non-hydrogen) atoms. The van der Waals surface area contributed by atoms with Crippen molar-refractivity contribution in [3.63, 3.8) is 0 Å². The van der Waals surface area contributed by atoms with Gasteiger partial charge in [0.15, 0.2) is 0 Å². The molecule has 0 unspecified atom stereocenters. The fraction of sp³-hybridized carbons (Fsp3) is 0.412. The highest BCUT2D eigenvalue weighted by Gasteiger charge is 2.10. The van der Waals surface area contributed by atoms with Gasteiger partial charge in [-0.3, -0.25) is 30.0 Å². The molecule has 1 rings (SSSR count). The van der Waals surface area contributed by atoms with Crippen LogP contribution in [0.15, 0.2) is 24.3 Å². The summed E-state index contributed by atoms with van der Waals surface area (Å²) in [5.41, 5.74) is 5.39. The third-order valence-electron chi connectivity index (χ3n) is 3.08. The van der Waals surface area contributed by atoms with Gasteiger partial charge < -0.3 is 10.1 Å². The molecule has 0 aliphatic heterocycles. The SMILES string of the molecule is CCCC(=O)Nc1ccc(C(=O)NNC(=O)CCC(=O)OCC)cc1. The van der Waals surface area contributed by atoms with Gasteiger partial charge in [-0.15, -0.1) is 0 Å². The second-order valence-electron chi connectivity index (χ2n) is 5.18. The van der Waals surface area contributed by atoms with Gasteiger partial charge in [-0.2, -0.15) is 0 Å². The van der Waals surface area contributed by atoms with Crippen LogP contribution < -0.4 is 16.2 Å². The highest BCUT2D eigenvalue weighted by molar-refractivity contribution is 5.96. The van der Waals surface area contributed by atoms with Crippen molar-refractivity contribution in [2.75, 3.05) is 11.9 Å². The lowest BCUT2D eigenvalue weighted by Crippen LogP contribution is -2.41. The third kappa shape index (κ3) is 7.96. The first-order valence-corrected chi connectivity index (χ1v) is 8.11. The summed E-state index contributed by atoms with van der Waals surface area (Å²) in [5, 5.41) is 2.71. The lowest BCUT2D eigenvalue weighted by Gasteiger charge is -2.08. The molecule has 0 heterocycles. The molecule has 0 aliphatic carbocycles. The van der Waals surface area contributed by atoms with E-state index in [2.05, 4.69) is 16.2 Å². The van der Waals surface area contributed by atoms with Crippen LogP contribution >= 0.6 is 0 Å². The van der Waals surface area contributed by atoms with Gasteiger partial charge >= 0.3 is 5.97 Å². The number of hydrogen-bond acceptors (Lipinski definition) is 5. The summed E-state index contributed by atoms with van der Waals surface area (Å²) in [4.78, 5) is 46.1. The van der Waals surface area contributed by atoms with Crippen LogP contribution in [0.1, 0.15) is 49.9 Å². The summed E-state index contributed by atoms with van der Waals surface area (Å²) >= 11 is 0. The normalized spacial score (nSPS) is 9.84. The van der Waals surface area contributed by atoms with Crippen molar-refractivity contribution in [1.82, 2.24) is 10.9 Å². The number of amides is 3.